The standard InChI is InChI=1S/C13H14BrNOS/c1-9-7-10(14)8-12(15)13(9)16-5-4-11-3-2-6-17-11/h2-3,6-8H,4-5,15H2,1H3. The number of ether oxygens (including phenoxy) is 1. The summed E-state index contributed by atoms with van der Waals surface area (Å²) in [4.78, 5) is 1.33. The molecule has 1 aromatic carbocycles. The van der Waals surface area contributed by atoms with Crippen LogP contribution in [0.3, 0.4) is 0 Å². The van der Waals surface area contributed by atoms with Gasteiger partial charge in [-0.3, -0.25) is 0 Å². The zero-order valence-electron chi connectivity index (χ0n) is 9.57. The van der Waals surface area contributed by atoms with E-state index in [0.29, 0.717) is 12.3 Å². The van der Waals surface area contributed by atoms with E-state index >= 15 is 0 Å². The lowest BCUT2D eigenvalue weighted by molar-refractivity contribution is 0.322. The molecule has 2 rings (SSSR count). The van der Waals surface area contributed by atoms with Crippen molar-refractivity contribution in [1.29, 1.82) is 0 Å². The lowest BCUT2D eigenvalue weighted by atomic mass is 10.2. The molecule has 1 heterocycles. The van der Waals surface area contributed by atoms with Crippen molar-refractivity contribution >= 4 is 33.0 Å². The fourth-order valence-electron chi connectivity index (χ4n) is 1.66. The van der Waals surface area contributed by atoms with Crippen LogP contribution in [0.5, 0.6) is 5.75 Å². The van der Waals surface area contributed by atoms with Crippen LogP contribution in [0.15, 0.2) is 34.1 Å². The van der Waals surface area contributed by atoms with Crippen LogP contribution in [0.25, 0.3) is 0 Å². The number of thiophene rings is 1. The van der Waals surface area contributed by atoms with E-state index in [2.05, 4.69) is 33.4 Å². The minimum atomic E-state index is 0.660. The molecule has 0 saturated heterocycles. The van der Waals surface area contributed by atoms with E-state index in [1.54, 1.807) is 11.3 Å². The topological polar surface area (TPSA) is 35.2 Å². The summed E-state index contributed by atoms with van der Waals surface area (Å²) in [5.41, 5.74) is 7.67. The van der Waals surface area contributed by atoms with Crippen LogP contribution in [0.4, 0.5) is 5.69 Å². The van der Waals surface area contributed by atoms with Crippen LogP contribution in [-0.2, 0) is 6.42 Å². The molecule has 0 aliphatic carbocycles. The molecular formula is C13H14BrNOS. The number of halogens is 1. The Morgan fingerprint density at radius 1 is 1.41 bits per heavy atom. The van der Waals surface area contributed by atoms with Crippen molar-refractivity contribution in [3.05, 3.63) is 44.6 Å². The Labute approximate surface area is 114 Å². The summed E-state index contributed by atoms with van der Waals surface area (Å²) in [5.74, 6) is 0.796. The molecule has 0 saturated carbocycles. The molecule has 0 unspecified atom stereocenters. The number of hydrogen-bond acceptors (Lipinski definition) is 3. The monoisotopic (exact) mass is 311 g/mol. The molecule has 0 radical (unpaired) electrons. The van der Waals surface area contributed by atoms with Crippen LogP contribution in [0.2, 0.25) is 0 Å². The first-order valence-corrected chi connectivity index (χ1v) is 7.05. The Kier molecular flexibility index (Phi) is 4.07. The first-order valence-electron chi connectivity index (χ1n) is 5.37. The largest absolute Gasteiger partial charge is 0.491 e. The molecule has 0 bridgehead atoms. The lowest BCUT2D eigenvalue weighted by Gasteiger charge is -2.11. The highest BCUT2D eigenvalue weighted by Gasteiger charge is 2.06. The Morgan fingerprint density at radius 2 is 2.24 bits per heavy atom. The molecule has 2 N–H and O–H groups in total. The molecule has 0 aliphatic rings. The van der Waals surface area contributed by atoms with Gasteiger partial charge in [0.05, 0.1) is 12.3 Å². The van der Waals surface area contributed by atoms with Crippen LogP contribution < -0.4 is 10.5 Å². The Balaban J connectivity index is 1.99. The lowest BCUT2D eigenvalue weighted by Crippen LogP contribution is -2.04. The maximum Gasteiger partial charge on any atom is 0.145 e. The highest BCUT2D eigenvalue weighted by molar-refractivity contribution is 9.10. The molecular weight excluding hydrogens is 298 g/mol. The average molecular weight is 312 g/mol. The molecule has 2 nitrogen and oxygen atoms in total. The van der Waals surface area contributed by atoms with Crippen LogP contribution in [-0.4, -0.2) is 6.61 Å². The van der Waals surface area contributed by atoms with Crippen molar-refractivity contribution in [2.75, 3.05) is 12.3 Å². The number of nitrogens with two attached hydrogens (primary N) is 1. The van der Waals surface area contributed by atoms with E-state index in [1.807, 2.05) is 19.1 Å². The molecule has 0 aliphatic heterocycles. The summed E-state index contributed by atoms with van der Waals surface area (Å²) < 4.78 is 6.74. The van der Waals surface area contributed by atoms with Gasteiger partial charge >= 0.3 is 0 Å². The van der Waals surface area contributed by atoms with Crippen molar-refractivity contribution in [2.24, 2.45) is 0 Å². The second-order valence-electron chi connectivity index (χ2n) is 3.82. The highest BCUT2D eigenvalue weighted by Crippen LogP contribution is 2.30. The van der Waals surface area contributed by atoms with Gasteiger partial charge < -0.3 is 10.5 Å². The number of rotatable bonds is 4. The van der Waals surface area contributed by atoms with E-state index < -0.39 is 0 Å². The summed E-state index contributed by atoms with van der Waals surface area (Å²) in [6.07, 6.45) is 0.923. The zero-order chi connectivity index (χ0) is 12.3. The third kappa shape index (κ3) is 3.23. The van der Waals surface area contributed by atoms with Gasteiger partial charge in [-0.15, -0.1) is 11.3 Å². The Bertz CT molecular complexity index is 473. The molecule has 1 aromatic heterocycles. The fraction of sp³-hybridized carbons (Fsp3) is 0.231. The van der Waals surface area contributed by atoms with Crippen molar-refractivity contribution in [2.45, 2.75) is 13.3 Å². The van der Waals surface area contributed by atoms with Crippen molar-refractivity contribution in [3.63, 3.8) is 0 Å². The summed E-state index contributed by atoms with van der Waals surface area (Å²) >= 11 is 5.16. The fourth-order valence-corrected chi connectivity index (χ4v) is 2.94. The smallest absolute Gasteiger partial charge is 0.145 e. The van der Waals surface area contributed by atoms with Gasteiger partial charge in [0.25, 0.3) is 0 Å². The minimum Gasteiger partial charge on any atom is -0.491 e. The van der Waals surface area contributed by atoms with Gasteiger partial charge in [-0.05, 0) is 36.1 Å². The number of anilines is 1. The second-order valence-corrected chi connectivity index (χ2v) is 5.77. The van der Waals surface area contributed by atoms with Gasteiger partial charge in [0.15, 0.2) is 0 Å². The Hall–Kier alpha value is -1.000. The molecule has 0 spiro atoms. The zero-order valence-corrected chi connectivity index (χ0v) is 12.0. The molecule has 90 valence electrons. The van der Waals surface area contributed by atoms with Crippen LogP contribution in [0.1, 0.15) is 10.4 Å². The van der Waals surface area contributed by atoms with E-state index in [4.69, 9.17) is 10.5 Å². The number of nitrogen functional groups attached to an aromatic ring is 1. The maximum atomic E-state index is 5.93. The van der Waals surface area contributed by atoms with Crippen molar-refractivity contribution < 1.29 is 4.74 Å². The van der Waals surface area contributed by atoms with E-state index in [0.717, 1.165) is 22.2 Å². The third-order valence-electron chi connectivity index (χ3n) is 2.44. The summed E-state index contributed by atoms with van der Waals surface area (Å²) in [6, 6.07) is 8.05. The van der Waals surface area contributed by atoms with Crippen LogP contribution >= 0.6 is 27.3 Å². The van der Waals surface area contributed by atoms with Gasteiger partial charge in [0.1, 0.15) is 5.75 Å². The summed E-state index contributed by atoms with van der Waals surface area (Å²) in [7, 11) is 0. The van der Waals surface area contributed by atoms with E-state index in [-0.39, 0.29) is 0 Å². The maximum absolute atomic E-state index is 5.93. The van der Waals surface area contributed by atoms with E-state index in [9.17, 15) is 0 Å². The molecule has 0 amide bonds. The van der Waals surface area contributed by atoms with Gasteiger partial charge in [-0.2, -0.15) is 0 Å². The van der Waals surface area contributed by atoms with Crippen LogP contribution in [0, 0.1) is 6.92 Å². The minimum absolute atomic E-state index is 0.660. The predicted molar refractivity (Wildman–Crippen MR) is 76.8 cm³/mol. The Morgan fingerprint density at radius 3 is 2.88 bits per heavy atom. The summed E-state index contributed by atoms with van der Waals surface area (Å²) in [6.45, 7) is 2.66. The van der Waals surface area contributed by atoms with Gasteiger partial charge in [0, 0.05) is 15.8 Å². The molecule has 0 atom stereocenters. The second kappa shape index (κ2) is 5.56. The molecule has 0 fully saturated rings. The molecule has 4 heteroatoms. The molecule has 2 aromatic rings. The van der Waals surface area contributed by atoms with Crippen molar-refractivity contribution in [3.8, 4) is 5.75 Å². The number of aryl methyl sites for hydroxylation is 1. The summed E-state index contributed by atoms with van der Waals surface area (Å²) in [5, 5.41) is 2.08. The number of benzene rings is 1. The average Bonchev–Trinajstić information content (AvgIpc) is 2.74. The SMILES string of the molecule is Cc1cc(Br)cc(N)c1OCCc1cccs1. The quantitative estimate of drug-likeness (QED) is 0.865. The number of hydrogen-bond donors (Lipinski definition) is 1. The molecule has 17 heavy (non-hydrogen) atoms. The predicted octanol–water partition coefficient (Wildman–Crippen LogP) is 4.02. The first-order chi connectivity index (χ1) is 8.16. The van der Waals surface area contributed by atoms with E-state index in [1.165, 1.54) is 4.88 Å². The van der Waals surface area contributed by atoms with Gasteiger partial charge in [0.2, 0.25) is 0 Å². The van der Waals surface area contributed by atoms with Gasteiger partial charge in [-0.1, -0.05) is 22.0 Å². The third-order valence-corrected chi connectivity index (χ3v) is 3.84. The van der Waals surface area contributed by atoms with Crippen molar-refractivity contribution in [1.82, 2.24) is 0 Å². The van der Waals surface area contributed by atoms with Gasteiger partial charge in [-0.25, -0.2) is 0 Å². The first kappa shape index (κ1) is 12.5. The highest BCUT2D eigenvalue weighted by atomic mass is 79.9. The normalized spacial score (nSPS) is 10.5.